The number of aryl methyl sites for hydroxylation is 2. The van der Waals surface area contributed by atoms with E-state index >= 15 is 0 Å². The molecular weight excluding hydrogens is 621 g/mol. The van der Waals surface area contributed by atoms with Crippen molar-refractivity contribution in [1.82, 2.24) is 44.9 Å². The van der Waals surface area contributed by atoms with Gasteiger partial charge in [0.1, 0.15) is 17.5 Å². The van der Waals surface area contributed by atoms with Crippen molar-refractivity contribution in [2.45, 2.75) is 6.92 Å². The summed E-state index contributed by atoms with van der Waals surface area (Å²) in [6, 6.07) is 35.5. The van der Waals surface area contributed by atoms with E-state index in [2.05, 4.69) is 127 Å². The first-order valence-corrected chi connectivity index (χ1v) is 16.4. The average Bonchev–Trinajstić information content (AvgIpc) is 3.94. The number of rotatable bonds is 5. The molecule has 0 atom stereocenters. The lowest BCUT2D eigenvalue weighted by Gasteiger charge is -2.01. The molecule has 0 amide bonds. The summed E-state index contributed by atoms with van der Waals surface area (Å²) < 4.78 is 1.90. The third kappa shape index (κ3) is 4.81. The Kier molecular flexibility index (Phi) is 6.07. The fraction of sp³-hybridized carbons (Fsp3) is 0.0500. The third-order valence-corrected chi connectivity index (χ3v) is 9.24. The molecule has 0 aliphatic heterocycles. The van der Waals surface area contributed by atoms with Crippen molar-refractivity contribution in [3.63, 3.8) is 0 Å². The van der Waals surface area contributed by atoms with E-state index in [-0.39, 0.29) is 0 Å². The van der Waals surface area contributed by atoms with E-state index in [1.165, 1.54) is 0 Å². The maximum Gasteiger partial charge on any atom is 0.286 e. The normalized spacial score (nSPS) is 11.8. The van der Waals surface area contributed by atoms with Crippen molar-refractivity contribution in [3.05, 3.63) is 121 Å². The molecule has 0 aliphatic rings. The molecule has 50 heavy (non-hydrogen) atoms. The van der Waals surface area contributed by atoms with Crippen LogP contribution in [-0.2, 0) is 7.05 Å². The first-order chi connectivity index (χ1) is 24.5. The van der Waals surface area contributed by atoms with Crippen LogP contribution in [-0.4, -0.2) is 44.9 Å². The SMILES string of the molecule is Cc1nc2ccc(-c3ccc4[nH]c(-c5ccc(-c6nc7ccc(-c8ccc9[nH]c(-c%10cc[n+](C)cn%10)nc9c8)cc7[nH]6)cc5)nc4c3)cc2[nH]1. The maximum absolute atomic E-state index is 4.94. The zero-order valence-corrected chi connectivity index (χ0v) is 27.2. The summed E-state index contributed by atoms with van der Waals surface area (Å²) in [5.74, 6) is 3.31. The van der Waals surface area contributed by atoms with E-state index in [0.29, 0.717) is 0 Å². The van der Waals surface area contributed by atoms with Gasteiger partial charge in [0.2, 0.25) is 5.69 Å². The number of H-pyrrole nitrogens is 4. The Balaban J connectivity index is 0.907. The van der Waals surface area contributed by atoms with Crippen LogP contribution >= 0.6 is 0 Å². The van der Waals surface area contributed by atoms with E-state index in [4.69, 9.17) is 15.0 Å². The predicted molar refractivity (Wildman–Crippen MR) is 196 cm³/mol. The summed E-state index contributed by atoms with van der Waals surface area (Å²) in [5, 5.41) is 0. The fourth-order valence-corrected chi connectivity index (χ4v) is 6.62. The topological polar surface area (TPSA) is 131 Å². The second kappa shape index (κ2) is 10.8. The van der Waals surface area contributed by atoms with E-state index in [1.807, 2.05) is 30.8 Å². The average molecular weight is 650 g/mol. The largest absolute Gasteiger partial charge is 0.342 e. The van der Waals surface area contributed by atoms with Crippen molar-refractivity contribution in [2.24, 2.45) is 7.05 Å². The number of benzene rings is 5. The van der Waals surface area contributed by atoms with E-state index < -0.39 is 0 Å². The molecule has 0 bridgehead atoms. The fourth-order valence-electron chi connectivity index (χ4n) is 6.62. The highest BCUT2D eigenvalue weighted by molar-refractivity contribution is 5.90. The Morgan fingerprint density at radius 1 is 0.440 bits per heavy atom. The number of nitrogens with zero attached hydrogens (tertiary/aromatic N) is 6. The van der Waals surface area contributed by atoms with Gasteiger partial charge < -0.3 is 19.9 Å². The third-order valence-electron chi connectivity index (χ3n) is 9.24. The highest BCUT2D eigenvalue weighted by Crippen LogP contribution is 2.31. The summed E-state index contributed by atoms with van der Waals surface area (Å²) in [6.45, 7) is 1.97. The summed E-state index contributed by atoms with van der Waals surface area (Å²) in [5.41, 5.74) is 14.9. The molecule has 10 nitrogen and oxygen atoms in total. The smallest absolute Gasteiger partial charge is 0.286 e. The van der Waals surface area contributed by atoms with Crippen molar-refractivity contribution in [3.8, 4) is 56.5 Å². The van der Waals surface area contributed by atoms with Crippen LogP contribution in [0.15, 0.2) is 116 Å². The number of hydrogen-bond acceptors (Lipinski definition) is 5. The minimum absolute atomic E-state index is 0.751. The molecule has 0 saturated carbocycles. The Morgan fingerprint density at radius 3 is 1.54 bits per heavy atom. The van der Waals surface area contributed by atoms with Gasteiger partial charge in [-0.05, 0) is 82.7 Å². The molecule has 0 saturated heterocycles. The number of aromatic nitrogens is 10. The van der Waals surface area contributed by atoms with Crippen molar-refractivity contribution < 1.29 is 4.57 Å². The van der Waals surface area contributed by atoms with Gasteiger partial charge >= 0.3 is 0 Å². The van der Waals surface area contributed by atoms with Crippen LogP contribution in [0, 0.1) is 6.92 Å². The predicted octanol–water partition coefficient (Wildman–Crippen LogP) is 8.05. The van der Waals surface area contributed by atoms with Crippen LogP contribution < -0.4 is 4.57 Å². The van der Waals surface area contributed by atoms with Gasteiger partial charge in [-0.1, -0.05) is 48.5 Å². The van der Waals surface area contributed by atoms with Gasteiger partial charge in [0, 0.05) is 17.2 Å². The minimum atomic E-state index is 0.751. The monoisotopic (exact) mass is 649 g/mol. The lowest BCUT2D eigenvalue weighted by Crippen LogP contribution is -2.27. The number of hydrogen-bond donors (Lipinski definition) is 4. The lowest BCUT2D eigenvalue weighted by atomic mass is 10.0. The van der Waals surface area contributed by atoms with Gasteiger partial charge in [-0.3, -0.25) is 0 Å². The van der Waals surface area contributed by atoms with Crippen molar-refractivity contribution >= 4 is 44.1 Å². The Bertz CT molecular complexity index is 2890. The molecule has 0 aliphatic carbocycles. The number of aromatic amines is 4. The lowest BCUT2D eigenvalue weighted by molar-refractivity contribution is -0.674. The van der Waals surface area contributed by atoms with Crippen LogP contribution in [0.4, 0.5) is 0 Å². The van der Waals surface area contributed by atoms with Crippen LogP contribution in [0.25, 0.3) is 101 Å². The van der Waals surface area contributed by atoms with E-state index in [0.717, 1.165) is 107 Å². The first-order valence-electron chi connectivity index (χ1n) is 16.4. The Hall–Kier alpha value is -6.94. The van der Waals surface area contributed by atoms with Crippen LogP contribution in [0.1, 0.15) is 5.82 Å². The molecule has 10 rings (SSSR count). The standard InChI is InChI=1S/C40H28N10/c1-22-42-29-11-7-25(17-34(29)43-22)26-8-12-30-35(18-26)47-38(44-30)23-3-5-24(6-4-23)39-45-31-13-9-27(19-36(31)48-39)28-10-14-32-37(20-28)49-40(46-32)33-15-16-50(2)21-41-33/h3-21H,1-2H3,(H3,42,43,44,45,46,47,48,49)/p+1. The summed E-state index contributed by atoms with van der Waals surface area (Å²) in [7, 11) is 1.95. The van der Waals surface area contributed by atoms with Gasteiger partial charge in [-0.2, -0.15) is 0 Å². The molecule has 5 aromatic heterocycles. The molecule has 5 aromatic carbocycles. The molecule has 0 unspecified atom stereocenters. The summed E-state index contributed by atoms with van der Waals surface area (Å²) in [6.07, 6.45) is 3.74. The number of fused-ring (bicyclic) bond motifs is 4. The first kappa shape index (κ1) is 28.1. The second-order valence-electron chi connectivity index (χ2n) is 12.7. The summed E-state index contributed by atoms with van der Waals surface area (Å²) >= 11 is 0. The molecule has 10 aromatic rings. The van der Waals surface area contributed by atoms with Gasteiger partial charge in [0.25, 0.3) is 6.33 Å². The van der Waals surface area contributed by atoms with Gasteiger partial charge in [0.05, 0.1) is 57.4 Å². The van der Waals surface area contributed by atoms with Crippen LogP contribution in [0.3, 0.4) is 0 Å². The molecule has 0 fully saturated rings. The highest BCUT2D eigenvalue weighted by Gasteiger charge is 2.14. The van der Waals surface area contributed by atoms with Crippen LogP contribution in [0.5, 0.6) is 0 Å². The molecule has 4 N–H and O–H groups in total. The summed E-state index contributed by atoms with van der Waals surface area (Å²) in [4.78, 5) is 37.4. The van der Waals surface area contributed by atoms with Crippen molar-refractivity contribution in [1.29, 1.82) is 0 Å². The Labute approximate surface area is 285 Å². The highest BCUT2D eigenvalue weighted by atomic mass is 15.0. The van der Waals surface area contributed by atoms with E-state index in [9.17, 15) is 0 Å². The Morgan fingerprint density at radius 2 is 0.920 bits per heavy atom. The maximum atomic E-state index is 4.94. The molecule has 5 heterocycles. The zero-order valence-electron chi connectivity index (χ0n) is 27.2. The number of nitrogens with one attached hydrogen (secondary N) is 4. The molecule has 0 radical (unpaired) electrons. The quantitative estimate of drug-likeness (QED) is 0.140. The van der Waals surface area contributed by atoms with E-state index in [1.54, 1.807) is 6.33 Å². The van der Waals surface area contributed by atoms with Crippen LogP contribution in [0.2, 0.25) is 0 Å². The minimum Gasteiger partial charge on any atom is -0.342 e. The number of imidazole rings is 4. The zero-order chi connectivity index (χ0) is 33.3. The van der Waals surface area contributed by atoms with Gasteiger partial charge in [0.15, 0.2) is 5.82 Å². The molecular formula is C40H29N10+. The van der Waals surface area contributed by atoms with Gasteiger partial charge in [-0.15, -0.1) is 0 Å². The molecule has 0 spiro atoms. The van der Waals surface area contributed by atoms with Gasteiger partial charge in [-0.25, -0.2) is 24.5 Å². The molecule has 238 valence electrons. The molecule has 10 heteroatoms. The van der Waals surface area contributed by atoms with Crippen molar-refractivity contribution in [2.75, 3.05) is 0 Å². The second-order valence-corrected chi connectivity index (χ2v) is 12.7.